The van der Waals surface area contributed by atoms with Crippen LogP contribution >= 0.6 is 0 Å². The van der Waals surface area contributed by atoms with Gasteiger partial charge in [0.15, 0.2) is 0 Å². The third-order valence-corrected chi connectivity index (χ3v) is 2.48. The average Bonchev–Trinajstić information content (AvgIpc) is 2.87. The standard InChI is InChI=1S/C9H10F3N3O/c10-9(11,12)7-5-13-15(6-7)8(16)14-3-1-2-4-14/h5-6H,1-4H2. The maximum Gasteiger partial charge on any atom is 0.419 e. The molecule has 0 aliphatic carbocycles. The van der Waals surface area contributed by atoms with E-state index in [1.807, 2.05) is 0 Å². The van der Waals surface area contributed by atoms with E-state index in [1.54, 1.807) is 0 Å². The lowest BCUT2D eigenvalue weighted by molar-refractivity contribution is -0.137. The minimum atomic E-state index is -4.45. The topological polar surface area (TPSA) is 38.1 Å². The molecule has 1 aliphatic rings. The third kappa shape index (κ3) is 2.02. The van der Waals surface area contributed by atoms with Crippen LogP contribution in [0.1, 0.15) is 18.4 Å². The number of nitrogens with zero attached hydrogens (tertiary/aromatic N) is 3. The van der Waals surface area contributed by atoms with Crippen molar-refractivity contribution in [2.45, 2.75) is 19.0 Å². The number of rotatable bonds is 0. The molecule has 1 saturated heterocycles. The lowest BCUT2D eigenvalue weighted by atomic mass is 10.4. The highest BCUT2D eigenvalue weighted by molar-refractivity contribution is 5.76. The van der Waals surface area contributed by atoms with Gasteiger partial charge >= 0.3 is 12.2 Å². The summed E-state index contributed by atoms with van der Waals surface area (Å²) in [5.74, 6) is 0. The largest absolute Gasteiger partial charge is 0.419 e. The van der Waals surface area contributed by atoms with Gasteiger partial charge in [-0.2, -0.15) is 23.0 Å². The lowest BCUT2D eigenvalue weighted by Gasteiger charge is -2.13. The van der Waals surface area contributed by atoms with Gasteiger partial charge in [-0.3, -0.25) is 0 Å². The molecule has 2 heterocycles. The maximum absolute atomic E-state index is 12.3. The molecular weight excluding hydrogens is 223 g/mol. The summed E-state index contributed by atoms with van der Waals surface area (Å²) in [5.41, 5.74) is -0.903. The van der Waals surface area contributed by atoms with Gasteiger partial charge in [0.2, 0.25) is 0 Å². The quantitative estimate of drug-likeness (QED) is 0.687. The second-order valence-electron chi connectivity index (χ2n) is 3.65. The first-order chi connectivity index (χ1) is 7.48. The molecule has 4 nitrogen and oxygen atoms in total. The SMILES string of the molecule is O=C(N1CCCC1)n1cc(C(F)(F)F)cn1. The van der Waals surface area contributed by atoms with Crippen molar-refractivity contribution in [1.82, 2.24) is 14.7 Å². The minimum absolute atomic E-state index is 0.493. The molecular formula is C9H10F3N3O. The zero-order valence-corrected chi connectivity index (χ0v) is 8.37. The molecule has 1 aromatic rings. The first-order valence-electron chi connectivity index (χ1n) is 4.89. The van der Waals surface area contributed by atoms with Crippen molar-refractivity contribution >= 4 is 6.03 Å². The number of carbonyl (C=O) groups is 1. The van der Waals surface area contributed by atoms with Crippen LogP contribution in [0.5, 0.6) is 0 Å². The van der Waals surface area contributed by atoms with Gasteiger partial charge in [-0.05, 0) is 12.8 Å². The van der Waals surface area contributed by atoms with E-state index in [0.717, 1.165) is 23.7 Å². The second-order valence-corrected chi connectivity index (χ2v) is 3.65. The summed E-state index contributed by atoms with van der Waals surface area (Å²) in [5, 5.41) is 3.43. The van der Waals surface area contributed by atoms with Crippen molar-refractivity contribution in [3.63, 3.8) is 0 Å². The fourth-order valence-corrected chi connectivity index (χ4v) is 1.63. The first-order valence-corrected chi connectivity index (χ1v) is 4.89. The minimum Gasteiger partial charge on any atom is -0.323 e. The van der Waals surface area contributed by atoms with E-state index in [0.29, 0.717) is 19.3 Å². The summed E-state index contributed by atoms with van der Waals surface area (Å²) in [4.78, 5) is 13.1. The molecule has 0 N–H and O–H groups in total. The Morgan fingerprint density at radius 2 is 1.94 bits per heavy atom. The maximum atomic E-state index is 12.3. The summed E-state index contributed by atoms with van der Waals surface area (Å²) in [7, 11) is 0. The van der Waals surface area contributed by atoms with Gasteiger partial charge in [0.25, 0.3) is 0 Å². The number of aromatic nitrogens is 2. The molecule has 7 heteroatoms. The number of likely N-dealkylation sites (tertiary alicyclic amines) is 1. The van der Waals surface area contributed by atoms with Gasteiger partial charge in [0, 0.05) is 19.3 Å². The Bertz CT molecular complexity index is 393. The molecule has 0 bridgehead atoms. The van der Waals surface area contributed by atoms with Gasteiger partial charge in [-0.25, -0.2) is 4.79 Å². The normalized spacial score (nSPS) is 16.8. The molecule has 88 valence electrons. The summed E-state index contributed by atoms with van der Waals surface area (Å²) in [6, 6.07) is -0.493. The van der Waals surface area contributed by atoms with Crippen molar-refractivity contribution in [2.24, 2.45) is 0 Å². The van der Waals surface area contributed by atoms with Crippen LogP contribution in [0.3, 0.4) is 0 Å². The summed E-state index contributed by atoms with van der Waals surface area (Å²) in [6.07, 6.45) is -1.30. The van der Waals surface area contributed by atoms with Crippen LogP contribution in [-0.4, -0.2) is 33.8 Å². The number of halogens is 3. The van der Waals surface area contributed by atoms with E-state index >= 15 is 0 Å². The summed E-state index contributed by atoms with van der Waals surface area (Å²) >= 11 is 0. The van der Waals surface area contributed by atoms with Crippen LogP contribution in [0.15, 0.2) is 12.4 Å². The highest BCUT2D eigenvalue weighted by Gasteiger charge is 2.33. The number of hydrogen-bond donors (Lipinski definition) is 0. The molecule has 0 aromatic carbocycles. The number of carbonyl (C=O) groups excluding carboxylic acids is 1. The Balaban J connectivity index is 2.15. The third-order valence-electron chi connectivity index (χ3n) is 2.48. The van der Waals surface area contributed by atoms with Gasteiger partial charge in [0.05, 0.1) is 11.8 Å². The summed E-state index contributed by atoms with van der Waals surface area (Å²) < 4.78 is 37.5. The molecule has 1 aliphatic heterocycles. The zero-order chi connectivity index (χ0) is 11.8. The molecule has 1 fully saturated rings. The number of alkyl halides is 3. The Labute approximate surface area is 89.6 Å². The van der Waals surface area contributed by atoms with E-state index < -0.39 is 17.8 Å². The molecule has 1 amide bonds. The van der Waals surface area contributed by atoms with E-state index in [4.69, 9.17) is 0 Å². The Hall–Kier alpha value is -1.53. The molecule has 2 rings (SSSR count). The monoisotopic (exact) mass is 233 g/mol. The van der Waals surface area contributed by atoms with Gasteiger partial charge in [-0.1, -0.05) is 0 Å². The van der Waals surface area contributed by atoms with E-state index in [-0.39, 0.29) is 0 Å². The van der Waals surface area contributed by atoms with Crippen molar-refractivity contribution < 1.29 is 18.0 Å². The van der Waals surface area contributed by atoms with Crippen molar-refractivity contribution in [3.8, 4) is 0 Å². The molecule has 16 heavy (non-hydrogen) atoms. The van der Waals surface area contributed by atoms with Crippen molar-refractivity contribution in [3.05, 3.63) is 18.0 Å². The smallest absolute Gasteiger partial charge is 0.323 e. The molecule has 0 atom stereocenters. The van der Waals surface area contributed by atoms with E-state index in [9.17, 15) is 18.0 Å². The van der Waals surface area contributed by atoms with Gasteiger partial charge in [0.1, 0.15) is 0 Å². The zero-order valence-electron chi connectivity index (χ0n) is 8.37. The molecule has 0 saturated carbocycles. The molecule has 1 aromatic heterocycles. The molecule has 0 spiro atoms. The Kier molecular flexibility index (Phi) is 2.61. The summed E-state index contributed by atoms with van der Waals surface area (Å²) in [6.45, 7) is 1.17. The van der Waals surface area contributed by atoms with Crippen LogP contribution in [0.25, 0.3) is 0 Å². The highest BCUT2D eigenvalue weighted by Crippen LogP contribution is 2.28. The van der Waals surface area contributed by atoms with Gasteiger partial charge < -0.3 is 4.90 Å². The van der Waals surface area contributed by atoms with Crippen LogP contribution in [-0.2, 0) is 6.18 Å². The van der Waals surface area contributed by atoms with Crippen LogP contribution in [0.2, 0.25) is 0 Å². The molecule has 0 radical (unpaired) electrons. The van der Waals surface area contributed by atoms with Crippen LogP contribution in [0.4, 0.5) is 18.0 Å². The van der Waals surface area contributed by atoms with Gasteiger partial charge in [-0.15, -0.1) is 0 Å². The predicted molar refractivity (Wildman–Crippen MR) is 48.8 cm³/mol. The van der Waals surface area contributed by atoms with Crippen molar-refractivity contribution in [1.29, 1.82) is 0 Å². The predicted octanol–water partition coefficient (Wildman–Crippen LogP) is 1.97. The van der Waals surface area contributed by atoms with E-state index in [2.05, 4.69) is 5.10 Å². The number of hydrogen-bond acceptors (Lipinski definition) is 2. The molecule has 0 unspecified atom stereocenters. The number of amides is 1. The van der Waals surface area contributed by atoms with Crippen LogP contribution < -0.4 is 0 Å². The van der Waals surface area contributed by atoms with E-state index in [1.165, 1.54) is 4.90 Å². The van der Waals surface area contributed by atoms with Crippen molar-refractivity contribution in [2.75, 3.05) is 13.1 Å². The van der Waals surface area contributed by atoms with Crippen LogP contribution in [0, 0.1) is 0 Å². The average molecular weight is 233 g/mol. The Morgan fingerprint density at radius 3 is 2.44 bits per heavy atom. The lowest BCUT2D eigenvalue weighted by Crippen LogP contribution is -2.32. The second kappa shape index (κ2) is 3.80. The fraction of sp³-hybridized carbons (Fsp3) is 0.556. The first kappa shape index (κ1) is 11.0. The Morgan fingerprint density at radius 1 is 1.31 bits per heavy atom. The fourth-order valence-electron chi connectivity index (χ4n) is 1.63. The highest BCUT2D eigenvalue weighted by atomic mass is 19.4.